The van der Waals surface area contributed by atoms with Crippen LogP contribution < -0.4 is 0 Å². The normalized spacial score (nSPS) is 14.0. The number of hydrogen-bond donors (Lipinski definition) is 3. The van der Waals surface area contributed by atoms with Gasteiger partial charge in [-0.25, -0.2) is 9.13 Å². The van der Waals surface area contributed by atoms with Gasteiger partial charge in [-0.05, 0) is 37.5 Å². The molecular weight excluding hydrogens is 1400 g/mol. The highest BCUT2D eigenvalue weighted by Gasteiger charge is 2.31. The molecule has 0 radical (unpaired) electrons. The summed E-state index contributed by atoms with van der Waals surface area (Å²) in [7, 11) is -9.92. The number of carbonyl (C=O) groups excluding carboxylic acids is 4. The number of phosphoric ester groups is 2. The quantitative estimate of drug-likeness (QED) is 0.0222. The minimum absolute atomic E-state index is 0.107. The molecule has 0 aromatic carbocycles. The van der Waals surface area contributed by atoms with Crippen LogP contribution in [0.4, 0.5) is 0 Å². The third kappa shape index (κ3) is 80.7. The predicted molar refractivity (Wildman–Crippen MR) is 446 cm³/mol. The van der Waals surface area contributed by atoms with Crippen LogP contribution in [0, 0.1) is 11.8 Å². The number of rotatable bonds is 88. The second-order valence-electron chi connectivity index (χ2n) is 32.7. The minimum atomic E-state index is -4.96. The van der Waals surface area contributed by atoms with E-state index in [4.69, 9.17) is 37.0 Å². The van der Waals surface area contributed by atoms with Crippen LogP contribution in [0.3, 0.4) is 0 Å². The fourth-order valence-corrected chi connectivity index (χ4v) is 15.5. The van der Waals surface area contributed by atoms with Crippen LogP contribution in [-0.4, -0.2) is 96.7 Å². The van der Waals surface area contributed by atoms with Gasteiger partial charge in [-0.15, -0.1) is 0 Å². The van der Waals surface area contributed by atoms with Gasteiger partial charge >= 0.3 is 39.5 Å². The molecule has 0 bridgehead atoms. The molecule has 0 aliphatic heterocycles. The number of ether oxygens (including phenoxy) is 4. The summed E-state index contributed by atoms with van der Waals surface area (Å²) in [6.07, 6.45) is 74.3. The topological polar surface area (TPSA) is 237 Å². The number of esters is 4. The standard InChI is InChI=1S/C89H174O17P2/c1-7-10-12-14-15-16-17-18-19-20-21-22-23-24-28-34-39-44-49-54-60-66-72-87(92)100-78-85(106-89(94)74-68-62-55-50-45-40-35-29-26-25-27-33-38-43-48-53-59-64-70-82(6)9-3)80-104-108(97,98)102-76-83(90)75-101-107(95,96)103-79-84(77-99-86(91)71-65-57-13-11-8-2)105-88(93)73-67-61-56-51-46-41-36-31-30-32-37-42-47-52-58-63-69-81(4)5/h81-85,90H,7-80H2,1-6H3,(H,95,96)(H,97,98)/t82?,83-,84+,85+/m0/s1. The first kappa shape index (κ1) is 106. The van der Waals surface area contributed by atoms with Crippen molar-refractivity contribution >= 4 is 39.5 Å². The van der Waals surface area contributed by atoms with Crippen molar-refractivity contribution in [3.8, 4) is 0 Å². The molecule has 19 heteroatoms. The summed E-state index contributed by atoms with van der Waals surface area (Å²) in [5, 5.41) is 10.7. The Hall–Kier alpha value is -1.94. The molecule has 0 amide bonds. The van der Waals surface area contributed by atoms with E-state index in [0.29, 0.717) is 25.7 Å². The van der Waals surface area contributed by atoms with Crippen molar-refractivity contribution in [2.75, 3.05) is 39.6 Å². The van der Waals surface area contributed by atoms with Crippen LogP contribution in [0.25, 0.3) is 0 Å². The molecule has 17 nitrogen and oxygen atoms in total. The Kier molecular flexibility index (Phi) is 78.8. The molecule has 6 atom stereocenters. The van der Waals surface area contributed by atoms with E-state index >= 15 is 0 Å². The molecule has 642 valence electrons. The summed E-state index contributed by atoms with van der Waals surface area (Å²) in [6.45, 7) is 9.69. The zero-order valence-electron chi connectivity index (χ0n) is 71.2. The lowest BCUT2D eigenvalue weighted by molar-refractivity contribution is -0.161. The minimum Gasteiger partial charge on any atom is -0.462 e. The van der Waals surface area contributed by atoms with Crippen LogP contribution in [-0.2, 0) is 65.4 Å². The van der Waals surface area contributed by atoms with Gasteiger partial charge in [0.25, 0.3) is 0 Å². The van der Waals surface area contributed by atoms with Gasteiger partial charge in [0.15, 0.2) is 12.2 Å². The highest BCUT2D eigenvalue weighted by atomic mass is 31.2. The molecule has 0 aromatic rings. The van der Waals surface area contributed by atoms with Crippen molar-refractivity contribution in [2.24, 2.45) is 11.8 Å². The molecule has 0 aliphatic carbocycles. The predicted octanol–water partition coefficient (Wildman–Crippen LogP) is 27.4. The summed E-state index contributed by atoms with van der Waals surface area (Å²) in [5.41, 5.74) is 0. The van der Waals surface area contributed by atoms with E-state index in [-0.39, 0.29) is 25.7 Å². The summed E-state index contributed by atoms with van der Waals surface area (Å²) >= 11 is 0. The second-order valence-corrected chi connectivity index (χ2v) is 35.6. The molecule has 0 fully saturated rings. The average Bonchev–Trinajstić information content (AvgIpc) is 0.899. The lowest BCUT2D eigenvalue weighted by atomic mass is 9.99. The van der Waals surface area contributed by atoms with Crippen molar-refractivity contribution in [1.29, 1.82) is 0 Å². The Morgan fingerprint density at radius 3 is 0.704 bits per heavy atom. The molecule has 0 aromatic heterocycles. The molecular formula is C89H174O17P2. The van der Waals surface area contributed by atoms with Crippen LogP contribution in [0.5, 0.6) is 0 Å². The maximum absolute atomic E-state index is 13.2. The maximum atomic E-state index is 13.2. The largest absolute Gasteiger partial charge is 0.472 e. The van der Waals surface area contributed by atoms with Crippen molar-refractivity contribution in [1.82, 2.24) is 0 Å². The van der Waals surface area contributed by atoms with E-state index in [0.717, 1.165) is 108 Å². The van der Waals surface area contributed by atoms with Crippen LogP contribution >= 0.6 is 15.6 Å². The smallest absolute Gasteiger partial charge is 0.462 e. The number of aliphatic hydroxyl groups excluding tert-OH is 1. The van der Waals surface area contributed by atoms with Gasteiger partial charge < -0.3 is 33.8 Å². The number of carbonyl (C=O) groups is 4. The van der Waals surface area contributed by atoms with Crippen molar-refractivity contribution < 1.29 is 80.2 Å². The Balaban J connectivity index is 5.09. The third-order valence-corrected chi connectivity index (χ3v) is 23.2. The molecule has 3 unspecified atom stereocenters. The summed E-state index contributed by atoms with van der Waals surface area (Å²) in [5.74, 6) is -0.431. The fourth-order valence-electron chi connectivity index (χ4n) is 13.9. The molecule has 0 aliphatic rings. The van der Waals surface area contributed by atoms with Crippen molar-refractivity contribution in [3.05, 3.63) is 0 Å². The van der Waals surface area contributed by atoms with E-state index < -0.39 is 97.5 Å². The monoisotopic (exact) mass is 1580 g/mol. The van der Waals surface area contributed by atoms with Gasteiger partial charge in [-0.3, -0.25) is 37.3 Å². The van der Waals surface area contributed by atoms with E-state index in [1.807, 2.05) is 0 Å². The second kappa shape index (κ2) is 80.3. The molecule has 0 spiro atoms. The summed E-state index contributed by atoms with van der Waals surface area (Å²) in [6, 6.07) is 0. The lowest BCUT2D eigenvalue weighted by Crippen LogP contribution is -2.30. The first-order chi connectivity index (χ1) is 52.4. The molecule has 0 rings (SSSR count). The SMILES string of the molecule is CCCCCCCCCCCCCCCCCCCCCCCCC(=O)OC[C@H](COP(=O)(O)OC[C@@H](O)COP(=O)(O)OC[C@@H](COC(=O)CCCCCCC)OC(=O)CCCCCCCCCCCCCCCCCCC(C)C)OC(=O)CCCCCCCCCCCCCCCCCCCCC(C)CC. The maximum Gasteiger partial charge on any atom is 0.472 e. The number of unbranched alkanes of at least 4 members (excludes halogenated alkanes) is 57. The Morgan fingerprint density at radius 1 is 0.269 bits per heavy atom. The van der Waals surface area contributed by atoms with Crippen LogP contribution in [0.1, 0.15) is 478 Å². The Labute approximate surface area is 664 Å². The number of aliphatic hydroxyl groups is 1. The molecule has 3 N–H and O–H groups in total. The molecule has 0 heterocycles. The zero-order chi connectivity index (χ0) is 79.2. The summed E-state index contributed by atoms with van der Waals surface area (Å²) in [4.78, 5) is 73.0. The fraction of sp³-hybridized carbons (Fsp3) is 0.955. The number of phosphoric acid groups is 2. The Bertz CT molecular complexity index is 2070. The average molecular weight is 1580 g/mol. The zero-order valence-corrected chi connectivity index (χ0v) is 73.0. The van der Waals surface area contributed by atoms with Gasteiger partial charge in [0.2, 0.25) is 0 Å². The Morgan fingerprint density at radius 2 is 0.472 bits per heavy atom. The molecule has 108 heavy (non-hydrogen) atoms. The van der Waals surface area contributed by atoms with Crippen LogP contribution in [0.15, 0.2) is 0 Å². The molecule has 0 saturated heterocycles. The lowest BCUT2D eigenvalue weighted by Gasteiger charge is -2.21. The van der Waals surface area contributed by atoms with Gasteiger partial charge in [0, 0.05) is 25.7 Å². The highest BCUT2D eigenvalue weighted by molar-refractivity contribution is 7.47. The van der Waals surface area contributed by atoms with Gasteiger partial charge in [-0.1, -0.05) is 427 Å². The van der Waals surface area contributed by atoms with E-state index in [1.165, 1.54) is 289 Å². The highest BCUT2D eigenvalue weighted by Crippen LogP contribution is 2.45. The van der Waals surface area contributed by atoms with Gasteiger partial charge in [0.05, 0.1) is 26.4 Å². The first-order valence-corrected chi connectivity index (χ1v) is 49.0. The van der Waals surface area contributed by atoms with Gasteiger partial charge in [0.1, 0.15) is 19.3 Å². The van der Waals surface area contributed by atoms with E-state index in [1.54, 1.807) is 0 Å². The number of hydrogen-bond acceptors (Lipinski definition) is 15. The van der Waals surface area contributed by atoms with Gasteiger partial charge in [-0.2, -0.15) is 0 Å². The first-order valence-electron chi connectivity index (χ1n) is 46.0. The van der Waals surface area contributed by atoms with Crippen LogP contribution in [0.2, 0.25) is 0 Å². The van der Waals surface area contributed by atoms with E-state index in [2.05, 4.69) is 41.5 Å². The molecule has 0 saturated carbocycles. The van der Waals surface area contributed by atoms with Crippen molar-refractivity contribution in [2.45, 2.75) is 496 Å². The third-order valence-electron chi connectivity index (χ3n) is 21.3. The van der Waals surface area contributed by atoms with E-state index in [9.17, 15) is 43.2 Å². The summed E-state index contributed by atoms with van der Waals surface area (Å²) < 4.78 is 68.7. The van der Waals surface area contributed by atoms with Crippen molar-refractivity contribution in [3.63, 3.8) is 0 Å².